The molecule has 1 nitrogen and oxygen atoms in total. The molecule has 1 aliphatic rings. The Bertz CT molecular complexity index is 306. The molecule has 1 aromatic rings. The second kappa shape index (κ2) is 4.36. The predicted molar refractivity (Wildman–Crippen MR) is 64.7 cm³/mol. The lowest BCUT2D eigenvalue weighted by Gasteiger charge is -2.18. The molecule has 15 heavy (non-hydrogen) atoms. The first-order valence-electron chi connectivity index (χ1n) is 6.04. The molecular formula is C14H21N. The van der Waals surface area contributed by atoms with Crippen LogP contribution in [0.3, 0.4) is 0 Å². The lowest BCUT2D eigenvalue weighted by atomic mass is 9.94. The molecule has 4 atom stereocenters. The van der Waals surface area contributed by atoms with Gasteiger partial charge in [0.25, 0.3) is 0 Å². The summed E-state index contributed by atoms with van der Waals surface area (Å²) in [6.45, 7) is 4.50. The van der Waals surface area contributed by atoms with Crippen LogP contribution in [0.5, 0.6) is 0 Å². The smallest absolute Gasteiger partial charge is 0.00989 e. The van der Waals surface area contributed by atoms with E-state index in [1.807, 2.05) is 0 Å². The van der Waals surface area contributed by atoms with Crippen molar-refractivity contribution in [3.05, 3.63) is 35.9 Å². The molecule has 0 saturated heterocycles. The Morgan fingerprint density at radius 2 is 2.00 bits per heavy atom. The van der Waals surface area contributed by atoms with Crippen molar-refractivity contribution in [2.24, 2.45) is 17.6 Å². The summed E-state index contributed by atoms with van der Waals surface area (Å²) in [4.78, 5) is 0. The quantitative estimate of drug-likeness (QED) is 0.799. The van der Waals surface area contributed by atoms with Crippen LogP contribution in [0, 0.1) is 11.8 Å². The third-order valence-electron chi connectivity index (χ3n) is 3.86. The molecule has 1 heteroatoms. The van der Waals surface area contributed by atoms with Gasteiger partial charge in [-0.15, -0.1) is 0 Å². The number of benzene rings is 1. The van der Waals surface area contributed by atoms with E-state index in [0.717, 1.165) is 11.8 Å². The molecule has 0 radical (unpaired) electrons. The summed E-state index contributed by atoms with van der Waals surface area (Å²) in [5, 5.41) is 0. The van der Waals surface area contributed by atoms with Gasteiger partial charge < -0.3 is 5.73 Å². The Balaban J connectivity index is 1.96. The minimum atomic E-state index is 0.389. The number of rotatable bonds is 4. The molecule has 2 N–H and O–H groups in total. The van der Waals surface area contributed by atoms with E-state index in [-0.39, 0.29) is 0 Å². The van der Waals surface area contributed by atoms with Gasteiger partial charge in [-0.2, -0.15) is 0 Å². The minimum Gasteiger partial charge on any atom is -0.327 e. The van der Waals surface area contributed by atoms with Gasteiger partial charge in [0, 0.05) is 6.04 Å². The highest BCUT2D eigenvalue weighted by molar-refractivity contribution is 5.26. The fourth-order valence-electron chi connectivity index (χ4n) is 2.42. The van der Waals surface area contributed by atoms with E-state index in [4.69, 9.17) is 5.73 Å². The summed E-state index contributed by atoms with van der Waals surface area (Å²) in [6, 6.07) is 11.2. The van der Waals surface area contributed by atoms with Crippen molar-refractivity contribution in [1.82, 2.24) is 0 Å². The van der Waals surface area contributed by atoms with E-state index in [9.17, 15) is 0 Å². The Labute approximate surface area is 92.7 Å². The number of nitrogens with two attached hydrogens (primary N) is 1. The minimum absolute atomic E-state index is 0.389. The third kappa shape index (κ3) is 2.23. The van der Waals surface area contributed by atoms with Crippen molar-refractivity contribution in [2.45, 2.75) is 38.6 Å². The van der Waals surface area contributed by atoms with Crippen LogP contribution in [0.4, 0.5) is 0 Å². The van der Waals surface area contributed by atoms with Gasteiger partial charge in [-0.1, -0.05) is 50.6 Å². The molecule has 0 aliphatic heterocycles. The molecule has 1 saturated carbocycles. The fraction of sp³-hybridized carbons (Fsp3) is 0.571. The second-order valence-corrected chi connectivity index (χ2v) is 4.88. The molecule has 1 fully saturated rings. The molecule has 0 heterocycles. The zero-order valence-corrected chi connectivity index (χ0v) is 9.69. The van der Waals surface area contributed by atoms with Crippen molar-refractivity contribution in [2.75, 3.05) is 0 Å². The third-order valence-corrected chi connectivity index (χ3v) is 3.86. The van der Waals surface area contributed by atoms with Gasteiger partial charge in [0.1, 0.15) is 0 Å². The van der Waals surface area contributed by atoms with E-state index < -0.39 is 0 Å². The lowest BCUT2D eigenvalue weighted by Crippen LogP contribution is -2.30. The lowest BCUT2D eigenvalue weighted by molar-refractivity contribution is 0.399. The maximum Gasteiger partial charge on any atom is 0.00989 e. The molecule has 0 amide bonds. The second-order valence-electron chi connectivity index (χ2n) is 4.88. The van der Waals surface area contributed by atoms with Gasteiger partial charge in [0.15, 0.2) is 0 Å². The van der Waals surface area contributed by atoms with Crippen LogP contribution in [0.2, 0.25) is 0 Å². The molecular weight excluding hydrogens is 182 g/mol. The van der Waals surface area contributed by atoms with Crippen LogP contribution in [-0.2, 0) is 0 Å². The maximum atomic E-state index is 6.26. The van der Waals surface area contributed by atoms with Crippen LogP contribution in [0.1, 0.15) is 38.2 Å². The van der Waals surface area contributed by atoms with Crippen LogP contribution in [0.15, 0.2) is 30.3 Å². The maximum absolute atomic E-state index is 6.26. The van der Waals surface area contributed by atoms with Crippen LogP contribution in [0.25, 0.3) is 0 Å². The molecule has 0 aromatic heterocycles. The van der Waals surface area contributed by atoms with Crippen LogP contribution >= 0.6 is 0 Å². The summed E-state index contributed by atoms with van der Waals surface area (Å²) >= 11 is 0. The summed E-state index contributed by atoms with van der Waals surface area (Å²) in [5.74, 6) is 2.11. The van der Waals surface area contributed by atoms with Crippen molar-refractivity contribution in [3.63, 3.8) is 0 Å². The molecule has 1 aliphatic carbocycles. The Kier molecular flexibility index (Phi) is 3.11. The van der Waals surface area contributed by atoms with Crippen LogP contribution in [-0.4, -0.2) is 6.04 Å². The predicted octanol–water partition coefficient (Wildman–Crippen LogP) is 3.16. The topological polar surface area (TPSA) is 26.0 Å². The van der Waals surface area contributed by atoms with E-state index in [1.54, 1.807) is 0 Å². The van der Waals surface area contributed by atoms with Crippen molar-refractivity contribution in [1.29, 1.82) is 0 Å². The Morgan fingerprint density at radius 1 is 1.33 bits per heavy atom. The normalized spacial score (nSPS) is 28.5. The number of hydrogen-bond donors (Lipinski definition) is 1. The van der Waals surface area contributed by atoms with Gasteiger partial charge >= 0.3 is 0 Å². The number of hydrogen-bond acceptors (Lipinski definition) is 1. The standard InChI is InChI=1S/C14H21N/c1-3-10(2)14(15)13-9-12(13)11-7-5-4-6-8-11/h4-8,10,12-14H,3,9,15H2,1-2H3. The zero-order valence-electron chi connectivity index (χ0n) is 9.69. The molecule has 82 valence electrons. The summed E-state index contributed by atoms with van der Waals surface area (Å²) < 4.78 is 0. The summed E-state index contributed by atoms with van der Waals surface area (Å²) in [6.07, 6.45) is 2.48. The van der Waals surface area contributed by atoms with Gasteiger partial charge in [0.2, 0.25) is 0 Å². The highest BCUT2D eigenvalue weighted by atomic mass is 14.7. The van der Waals surface area contributed by atoms with E-state index in [0.29, 0.717) is 12.0 Å². The van der Waals surface area contributed by atoms with Gasteiger partial charge in [-0.3, -0.25) is 0 Å². The van der Waals surface area contributed by atoms with Crippen LogP contribution < -0.4 is 5.73 Å². The molecule has 4 unspecified atom stereocenters. The first kappa shape index (κ1) is 10.7. The van der Waals surface area contributed by atoms with Crippen molar-refractivity contribution in [3.8, 4) is 0 Å². The SMILES string of the molecule is CCC(C)C(N)C1CC1c1ccccc1. The average molecular weight is 203 g/mol. The highest BCUT2D eigenvalue weighted by Gasteiger charge is 2.43. The van der Waals surface area contributed by atoms with E-state index >= 15 is 0 Å². The highest BCUT2D eigenvalue weighted by Crippen LogP contribution is 2.50. The van der Waals surface area contributed by atoms with Crippen molar-refractivity contribution < 1.29 is 0 Å². The van der Waals surface area contributed by atoms with Crippen molar-refractivity contribution >= 4 is 0 Å². The first-order valence-corrected chi connectivity index (χ1v) is 6.04. The Hall–Kier alpha value is -0.820. The first-order chi connectivity index (χ1) is 7.24. The van der Waals surface area contributed by atoms with Gasteiger partial charge in [0.05, 0.1) is 0 Å². The summed E-state index contributed by atoms with van der Waals surface area (Å²) in [5.41, 5.74) is 7.73. The molecule has 1 aromatic carbocycles. The van der Waals surface area contributed by atoms with E-state index in [1.165, 1.54) is 18.4 Å². The monoisotopic (exact) mass is 203 g/mol. The molecule has 2 rings (SSSR count). The van der Waals surface area contributed by atoms with Gasteiger partial charge in [-0.25, -0.2) is 0 Å². The fourth-order valence-corrected chi connectivity index (χ4v) is 2.42. The zero-order chi connectivity index (χ0) is 10.8. The molecule has 0 spiro atoms. The van der Waals surface area contributed by atoms with Gasteiger partial charge in [-0.05, 0) is 29.7 Å². The molecule has 0 bridgehead atoms. The Morgan fingerprint density at radius 3 is 2.60 bits per heavy atom. The van der Waals surface area contributed by atoms with E-state index in [2.05, 4.69) is 44.2 Å². The average Bonchev–Trinajstić information content (AvgIpc) is 3.08. The summed E-state index contributed by atoms with van der Waals surface area (Å²) in [7, 11) is 0. The largest absolute Gasteiger partial charge is 0.327 e.